The Labute approximate surface area is 71.0 Å². The molecule has 0 saturated heterocycles. The predicted molar refractivity (Wildman–Crippen MR) is 52.6 cm³/mol. The lowest BCUT2D eigenvalue weighted by molar-refractivity contribution is 0.658. The number of hydrogen-bond donors (Lipinski definition) is 0. The van der Waals surface area contributed by atoms with Gasteiger partial charge < -0.3 is 0 Å². The molecule has 0 aromatic heterocycles. The summed E-state index contributed by atoms with van der Waals surface area (Å²) < 4.78 is 0. The molecule has 0 spiro atoms. The summed E-state index contributed by atoms with van der Waals surface area (Å²) in [5.74, 6) is 0.668. The van der Waals surface area contributed by atoms with Crippen LogP contribution in [0.5, 0.6) is 0 Å². The van der Waals surface area contributed by atoms with Crippen molar-refractivity contribution in [3.8, 4) is 0 Å². The molecule has 0 saturated carbocycles. The zero-order valence-corrected chi connectivity index (χ0v) is 7.84. The van der Waals surface area contributed by atoms with Crippen LogP contribution in [0, 0.1) is 5.92 Å². The van der Waals surface area contributed by atoms with Crippen molar-refractivity contribution in [1.82, 2.24) is 0 Å². The Kier molecular flexibility index (Phi) is 7.23. The third kappa shape index (κ3) is 7.38. The summed E-state index contributed by atoms with van der Waals surface area (Å²) in [7, 11) is 0. The molecular formula is C11H20. The average Bonchev–Trinajstić information content (AvgIpc) is 2.04. The van der Waals surface area contributed by atoms with Gasteiger partial charge in [0.1, 0.15) is 0 Å². The largest absolute Gasteiger partial charge is 0.103 e. The van der Waals surface area contributed by atoms with Gasteiger partial charge in [0, 0.05) is 0 Å². The fourth-order valence-electron chi connectivity index (χ4n) is 0.879. The molecular weight excluding hydrogens is 132 g/mol. The minimum absolute atomic E-state index is 0.668. The molecule has 0 aromatic rings. The Balaban J connectivity index is 3.18. The summed E-state index contributed by atoms with van der Waals surface area (Å²) in [6, 6.07) is 0. The Morgan fingerprint density at radius 3 is 2.45 bits per heavy atom. The summed E-state index contributed by atoms with van der Waals surface area (Å²) in [4.78, 5) is 0. The normalized spacial score (nSPS) is 13.6. The minimum Gasteiger partial charge on any atom is -0.103 e. The summed E-state index contributed by atoms with van der Waals surface area (Å²) in [6.45, 7) is 8.17. The number of allylic oxidation sites excluding steroid dienone is 3. The third-order valence-corrected chi connectivity index (χ3v) is 1.81. The van der Waals surface area contributed by atoms with Crippen molar-refractivity contribution in [3.63, 3.8) is 0 Å². The molecule has 0 radical (unpaired) electrons. The highest BCUT2D eigenvalue weighted by molar-refractivity contribution is 4.84. The zero-order chi connectivity index (χ0) is 8.53. The molecule has 1 unspecified atom stereocenters. The maximum absolute atomic E-state index is 3.75. The lowest BCUT2D eigenvalue weighted by Crippen LogP contribution is -1.85. The molecule has 0 aliphatic carbocycles. The van der Waals surface area contributed by atoms with Crippen LogP contribution < -0.4 is 0 Å². The van der Waals surface area contributed by atoms with E-state index in [0.717, 1.165) is 0 Å². The molecule has 11 heavy (non-hydrogen) atoms. The van der Waals surface area contributed by atoms with E-state index in [4.69, 9.17) is 0 Å². The number of rotatable bonds is 6. The van der Waals surface area contributed by atoms with Crippen LogP contribution in [0.4, 0.5) is 0 Å². The first-order chi connectivity index (χ1) is 5.31. The van der Waals surface area contributed by atoms with Crippen molar-refractivity contribution < 1.29 is 0 Å². The molecule has 0 rings (SSSR count). The molecule has 0 fully saturated rings. The maximum atomic E-state index is 3.75. The molecule has 1 atom stereocenters. The van der Waals surface area contributed by atoms with Gasteiger partial charge in [-0.1, -0.05) is 38.5 Å². The van der Waals surface area contributed by atoms with Gasteiger partial charge in [0.05, 0.1) is 0 Å². The Bertz CT molecular complexity index is 111. The molecule has 0 heterocycles. The second-order valence-corrected chi connectivity index (χ2v) is 3.05. The smallest absolute Gasteiger partial charge is 0.0262 e. The van der Waals surface area contributed by atoms with E-state index in [-0.39, 0.29) is 0 Å². The molecule has 0 amide bonds. The average molecular weight is 152 g/mol. The van der Waals surface area contributed by atoms with Crippen LogP contribution in [-0.4, -0.2) is 0 Å². The highest BCUT2D eigenvalue weighted by Crippen LogP contribution is 2.06. The van der Waals surface area contributed by atoms with Gasteiger partial charge in [0.25, 0.3) is 0 Å². The Morgan fingerprint density at radius 1 is 1.27 bits per heavy atom. The summed E-state index contributed by atoms with van der Waals surface area (Å²) in [6.07, 6.45) is 11.5. The van der Waals surface area contributed by atoms with E-state index >= 15 is 0 Å². The second-order valence-electron chi connectivity index (χ2n) is 3.05. The van der Waals surface area contributed by atoms with Crippen molar-refractivity contribution >= 4 is 0 Å². The van der Waals surface area contributed by atoms with Gasteiger partial charge in [0.15, 0.2) is 0 Å². The van der Waals surface area contributed by atoms with Crippen LogP contribution in [-0.2, 0) is 0 Å². The molecule has 0 N–H and O–H groups in total. The number of unbranched alkanes of at least 4 members (excludes halogenated alkanes) is 1. The first-order valence-corrected chi connectivity index (χ1v) is 4.58. The van der Waals surface area contributed by atoms with Crippen LogP contribution in [0.1, 0.15) is 39.5 Å². The van der Waals surface area contributed by atoms with Crippen LogP contribution in [0.15, 0.2) is 24.8 Å². The van der Waals surface area contributed by atoms with Crippen LogP contribution in [0.25, 0.3) is 0 Å². The topological polar surface area (TPSA) is 0 Å². The molecule has 0 heteroatoms. The first kappa shape index (κ1) is 10.5. The van der Waals surface area contributed by atoms with E-state index in [1.54, 1.807) is 0 Å². The van der Waals surface area contributed by atoms with E-state index < -0.39 is 0 Å². The molecule has 0 aliphatic heterocycles. The minimum atomic E-state index is 0.668. The molecule has 0 nitrogen and oxygen atoms in total. The van der Waals surface area contributed by atoms with Gasteiger partial charge in [0.2, 0.25) is 0 Å². The fourth-order valence-corrected chi connectivity index (χ4v) is 0.879. The summed E-state index contributed by atoms with van der Waals surface area (Å²) in [5, 5.41) is 0. The monoisotopic (exact) mass is 152 g/mol. The molecule has 0 bridgehead atoms. The van der Waals surface area contributed by atoms with E-state index in [1.165, 1.54) is 25.7 Å². The predicted octanol–water partition coefficient (Wildman–Crippen LogP) is 3.95. The van der Waals surface area contributed by atoms with Gasteiger partial charge >= 0.3 is 0 Å². The molecule has 0 aromatic carbocycles. The van der Waals surface area contributed by atoms with Crippen molar-refractivity contribution in [1.29, 1.82) is 0 Å². The summed E-state index contributed by atoms with van der Waals surface area (Å²) in [5.41, 5.74) is 0. The fraction of sp³-hybridized carbons (Fsp3) is 0.636. The second kappa shape index (κ2) is 7.59. The lowest BCUT2D eigenvalue weighted by Gasteiger charge is -2.00. The first-order valence-electron chi connectivity index (χ1n) is 4.58. The molecule has 64 valence electrons. The lowest BCUT2D eigenvalue weighted by atomic mass is 10.1. The van der Waals surface area contributed by atoms with Crippen molar-refractivity contribution in [2.45, 2.75) is 39.5 Å². The van der Waals surface area contributed by atoms with Crippen molar-refractivity contribution in [2.75, 3.05) is 0 Å². The SMILES string of the molecule is C=CC(C)CCC=CCCC. The van der Waals surface area contributed by atoms with E-state index in [9.17, 15) is 0 Å². The van der Waals surface area contributed by atoms with Gasteiger partial charge in [-0.3, -0.25) is 0 Å². The van der Waals surface area contributed by atoms with Crippen molar-refractivity contribution in [3.05, 3.63) is 24.8 Å². The Morgan fingerprint density at radius 2 is 1.91 bits per heavy atom. The maximum Gasteiger partial charge on any atom is -0.0262 e. The van der Waals surface area contributed by atoms with E-state index in [2.05, 4.69) is 32.6 Å². The third-order valence-electron chi connectivity index (χ3n) is 1.81. The summed E-state index contributed by atoms with van der Waals surface area (Å²) >= 11 is 0. The van der Waals surface area contributed by atoms with Crippen LogP contribution >= 0.6 is 0 Å². The zero-order valence-electron chi connectivity index (χ0n) is 7.84. The van der Waals surface area contributed by atoms with Crippen molar-refractivity contribution in [2.24, 2.45) is 5.92 Å². The van der Waals surface area contributed by atoms with E-state index in [1.807, 2.05) is 6.08 Å². The van der Waals surface area contributed by atoms with Crippen LogP contribution in [0.2, 0.25) is 0 Å². The highest BCUT2D eigenvalue weighted by Gasteiger charge is 1.91. The Hall–Kier alpha value is -0.520. The highest BCUT2D eigenvalue weighted by atomic mass is 14.0. The van der Waals surface area contributed by atoms with Gasteiger partial charge in [-0.15, -0.1) is 6.58 Å². The molecule has 0 aliphatic rings. The van der Waals surface area contributed by atoms with Gasteiger partial charge in [-0.05, 0) is 25.2 Å². The van der Waals surface area contributed by atoms with E-state index in [0.29, 0.717) is 5.92 Å². The number of hydrogen-bond acceptors (Lipinski definition) is 0. The quantitative estimate of drug-likeness (QED) is 0.506. The van der Waals surface area contributed by atoms with Crippen LogP contribution in [0.3, 0.4) is 0 Å². The van der Waals surface area contributed by atoms with Gasteiger partial charge in [-0.25, -0.2) is 0 Å². The van der Waals surface area contributed by atoms with Gasteiger partial charge in [-0.2, -0.15) is 0 Å². The standard InChI is InChI=1S/C11H20/c1-4-6-7-8-9-10-11(3)5-2/h5,7-8,11H,2,4,6,9-10H2,1,3H3.